The molecule has 9 heteroatoms. The summed E-state index contributed by atoms with van der Waals surface area (Å²) in [7, 11) is 0. The van der Waals surface area contributed by atoms with E-state index in [-0.39, 0.29) is 31.1 Å². The SMILES string of the molecule is CC(CO)CCON1C(=O)c2cc(C(=O)C(C)O)ccc2[C@@]1(Cc1ccc(Cl)cn1)c1ccc(Cl)cc1. The average molecular weight is 543 g/mol. The van der Waals surface area contributed by atoms with Gasteiger partial charge in [0.15, 0.2) is 5.78 Å². The molecular weight excluding hydrogens is 515 g/mol. The lowest BCUT2D eigenvalue weighted by atomic mass is 9.79. The predicted octanol–water partition coefficient (Wildman–Crippen LogP) is 4.84. The van der Waals surface area contributed by atoms with Crippen LogP contribution in [0, 0.1) is 5.92 Å². The molecule has 0 spiro atoms. The summed E-state index contributed by atoms with van der Waals surface area (Å²) in [5.74, 6) is -0.919. The fraction of sp³-hybridized carbons (Fsp3) is 0.321. The van der Waals surface area contributed by atoms with Gasteiger partial charge < -0.3 is 10.2 Å². The molecule has 2 aromatic carbocycles. The van der Waals surface area contributed by atoms with Crippen LogP contribution in [-0.4, -0.2) is 51.3 Å². The Morgan fingerprint density at radius 1 is 1.08 bits per heavy atom. The highest BCUT2D eigenvalue weighted by molar-refractivity contribution is 6.30. The maximum atomic E-state index is 13.9. The second-order valence-electron chi connectivity index (χ2n) is 9.32. The maximum Gasteiger partial charge on any atom is 0.279 e. The van der Waals surface area contributed by atoms with Gasteiger partial charge in [0, 0.05) is 41.1 Å². The van der Waals surface area contributed by atoms with Crippen molar-refractivity contribution >= 4 is 34.9 Å². The van der Waals surface area contributed by atoms with Crippen molar-refractivity contribution in [1.29, 1.82) is 0 Å². The van der Waals surface area contributed by atoms with Crippen LogP contribution in [0.1, 0.15) is 57.8 Å². The number of hydroxylamine groups is 2. The zero-order chi connectivity index (χ0) is 26.7. The van der Waals surface area contributed by atoms with E-state index in [4.69, 9.17) is 28.0 Å². The number of aliphatic hydroxyl groups is 2. The van der Waals surface area contributed by atoms with Crippen LogP contribution in [0.5, 0.6) is 0 Å². The molecule has 1 amide bonds. The number of carbonyl (C=O) groups excluding carboxylic acids is 2. The normalized spacial score (nSPS) is 18.5. The number of Topliss-reactive ketones (excluding diaryl/α,β-unsaturated/α-hetero) is 1. The summed E-state index contributed by atoms with van der Waals surface area (Å²) in [6.07, 6.45) is 1.12. The van der Waals surface area contributed by atoms with E-state index < -0.39 is 23.3 Å². The molecule has 0 radical (unpaired) electrons. The molecule has 1 aliphatic rings. The Labute approximate surface area is 225 Å². The number of hydrogen-bond donors (Lipinski definition) is 2. The third kappa shape index (κ3) is 5.42. The van der Waals surface area contributed by atoms with Crippen LogP contribution in [-0.2, 0) is 16.8 Å². The Morgan fingerprint density at radius 2 is 1.78 bits per heavy atom. The lowest BCUT2D eigenvalue weighted by molar-refractivity contribution is -0.173. The molecule has 3 aromatic rings. The van der Waals surface area contributed by atoms with E-state index in [0.29, 0.717) is 33.3 Å². The van der Waals surface area contributed by atoms with E-state index >= 15 is 0 Å². The van der Waals surface area contributed by atoms with Gasteiger partial charge in [0.1, 0.15) is 11.6 Å². The van der Waals surface area contributed by atoms with Crippen LogP contribution in [0.2, 0.25) is 10.0 Å². The number of benzene rings is 2. The first kappa shape index (κ1) is 27.2. The Hall–Kier alpha value is -2.81. The molecule has 2 heterocycles. The second-order valence-corrected chi connectivity index (χ2v) is 10.2. The quantitative estimate of drug-likeness (QED) is 0.355. The Balaban J connectivity index is 1.90. The molecule has 0 fully saturated rings. The van der Waals surface area contributed by atoms with Gasteiger partial charge in [-0.05, 0) is 60.7 Å². The summed E-state index contributed by atoms with van der Waals surface area (Å²) in [6.45, 7) is 3.46. The Kier molecular flexibility index (Phi) is 8.31. The van der Waals surface area contributed by atoms with Gasteiger partial charge >= 0.3 is 0 Å². The number of amides is 1. The number of rotatable bonds is 10. The summed E-state index contributed by atoms with van der Waals surface area (Å²) in [5, 5.41) is 21.7. The van der Waals surface area contributed by atoms with Crippen molar-refractivity contribution in [2.24, 2.45) is 5.92 Å². The van der Waals surface area contributed by atoms with Gasteiger partial charge in [-0.2, -0.15) is 0 Å². The molecule has 0 aliphatic carbocycles. The molecule has 0 saturated carbocycles. The van der Waals surface area contributed by atoms with Crippen LogP contribution in [0.4, 0.5) is 0 Å². The molecule has 2 N–H and O–H groups in total. The van der Waals surface area contributed by atoms with E-state index in [9.17, 15) is 19.8 Å². The van der Waals surface area contributed by atoms with E-state index in [1.165, 1.54) is 18.1 Å². The van der Waals surface area contributed by atoms with Gasteiger partial charge in [-0.3, -0.25) is 19.4 Å². The molecule has 0 saturated heterocycles. The van der Waals surface area contributed by atoms with Crippen molar-refractivity contribution in [3.63, 3.8) is 0 Å². The monoisotopic (exact) mass is 542 g/mol. The molecule has 1 aromatic heterocycles. The minimum Gasteiger partial charge on any atom is -0.396 e. The van der Waals surface area contributed by atoms with Crippen LogP contribution in [0.25, 0.3) is 0 Å². The van der Waals surface area contributed by atoms with E-state index in [1.807, 2.05) is 19.1 Å². The van der Waals surface area contributed by atoms with Gasteiger partial charge in [0.25, 0.3) is 5.91 Å². The Bertz CT molecular complexity index is 1280. The van der Waals surface area contributed by atoms with Crippen molar-refractivity contribution in [3.05, 3.63) is 98.8 Å². The first-order valence-electron chi connectivity index (χ1n) is 12.0. The number of hydrogen-bond acceptors (Lipinski definition) is 6. The number of fused-ring (bicyclic) bond motifs is 1. The molecule has 1 aliphatic heterocycles. The topological polar surface area (TPSA) is 100.0 Å². The van der Waals surface area contributed by atoms with Crippen molar-refractivity contribution in [1.82, 2.24) is 10.0 Å². The smallest absolute Gasteiger partial charge is 0.279 e. The lowest BCUT2D eigenvalue weighted by Gasteiger charge is -2.38. The van der Waals surface area contributed by atoms with Gasteiger partial charge in [-0.1, -0.05) is 54.4 Å². The third-order valence-electron chi connectivity index (χ3n) is 6.58. The average Bonchev–Trinajstić information content (AvgIpc) is 3.12. The molecule has 194 valence electrons. The van der Waals surface area contributed by atoms with E-state index in [0.717, 1.165) is 5.56 Å². The van der Waals surface area contributed by atoms with Crippen LogP contribution in [0.15, 0.2) is 60.8 Å². The number of halogens is 2. The third-order valence-corrected chi connectivity index (χ3v) is 7.06. The van der Waals surface area contributed by atoms with Crippen LogP contribution < -0.4 is 0 Å². The first-order valence-corrected chi connectivity index (χ1v) is 12.7. The van der Waals surface area contributed by atoms with Crippen LogP contribution in [0.3, 0.4) is 0 Å². The highest BCUT2D eigenvalue weighted by Crippen LogP contribution is 2.47. The summed E-state index contributed by atoms with van der Waals surface area (Å²) in [6, 6.07) is 15.5. The van der Waals surface area contributed by atoms with E-state index in [1.54, 1.807) is 42.6 Å². The molecule has 37 heavy (non-hydrogen) atoms. The predicted molar refractivity (Wildman–Crippen MR) is 141 cm³/mol. The molecule has 7 nitrogen and oxygen atoms in total. The summed E-state index contributed by atoms with van der Waals surface area (Å²) >= 11 is 12.3. The maximum absolute atomic E-state index is 13.9. The molecule has 2 unspecified atom stereocenters. The fourth-order valence-electron chi connectivity index (χ4n) is 4.51. The Morgan fingerprint density at radius 3 is 2.41 bits per heavy atom. The molecule has 3 atom stereocenters. The first-order chi connectivity index (χ1) is 17.7. The van der Waals surface area contributed by atoms with Crippen LogP contribution >= 0.6 is 23.2 Å². The zero-order valence-corrected chi connectivity index (χ0v) is 22.0. The lowest BCUT2D eigenvalue weighted by Crippen LogP contribution is -2.46. The standard InChI is InChI=1S/C28H28Cl2N2O5/c1-17(16-33)11-12-37-32-27(36)24-13-19(26(35)18(2)34)3-10-25(24)28(32,20-4-6-21(29)7-5-20)14-23-9-8-22(30)15-31-23/h3-10,13,15,17-18,33-34H,11-12,14,16H2,1-2H3/t17?,18?,28-/m1/s1. The molecule has 0 bridgehead atoms. The van der Waals surface area contributed by atoms with Crippen molar-refractivity contribution < 1.29 is 24.6 Å². The number of aliphatic hydroxyl groups excluding tert-OH is 2. The van der Waals surface area contributed by atoms with E-state index in [2.05, 4.69) is 4.98 Å². The summed E-state index contributed by atoms with van der Waals surface area (Å²) in [5.41, 5.74) is 1.44. The number of pyridine rings is 1. The number of aromatic nitrogens is 1. The van der Waals surface area contributed by atoms with Gasteiger partial charge in [0.2, 0.25) is 0 Å². The molecular formula is C28H28Cl2N2O5. The zero-order valence-electron chi connectivity index (χ0n) is 20.5. The number of carbonyl (C=O) groups is 2. The van der Waals surface area contributed by atoms with Gasteiger partial charge in [0.05, 0.1) is 11.6 Å². The minimum atomic E-state index is -1.21. The van der Waals surface area contributed by atoms with Crippen molar-refractivity contribution in [3.8, 4) is 0 Å². The largest absolute Gasteiger partial charge is 0.396 e. The number of ketones is 1. The van der Waals surface area contributed by atoms with Gasteiger partial charge in [-0.25, -0.2) is 5.06 Å². The minimum absolute atomic E-state index is 0.000625. The summed E-state index contributed by atoms with van der Waals surface area (Å²) in [4.78, 5) is 37.1. The van der Waals surface area contributed by atoms with Crippen molar-refractivity contribution in [2.75, 3.05) is 13.2 Å². The summed E-state index contributed by atoms with van der Waals surface area (Å²) < 4.78 is 0. The highest BCUT2D eigenvalue weighted by atomic mass is 35.5. The number of nitrogens with zero attached hydrogens (tertiary/aromatic N) is 2. The highest BCUT2D eigenvalue weighted by Gasteiger charge is 2.53. The molecule has 4 rings (SSSR count). The fourth-order valence-corrected chi connectivity index (χ4v) is 4.75. The second kappa shape index (κ2) is 11.3. The van der Waals surface area contributed by atoms with Gasteiger partial charge in [-0.15, -0.1) is 0 Å². The van der Waals surface area contributed by atoms with Crippen molar-refractivity contribution in [2.45, 2.75) is 38.3 Å².